The van der Waals surface area contributed by atoms with E-state index in [2.05, 4.69) is 40.7 Å². The molecule has 9 atom stereocenters. The highest BCUT2D eigenvalue weighted by Crippen LogP contribution is 2.89. The summed E-state index contributed by atoms with van der Waals surface area (Å²) in [6, 6.07) is 0. The Hall–Kier alpha value is -0.340. The first-order chi connectivity index (χ1) is 14.7. The number of hydrogen-bond donors (Lipinski definition) is 2. The van der Waals surface area contributed by atoms with Crippen molar-refractivity contribution in [3.8, 4) is 0 Å². The summed E-state index contributed by atoms with van der Waals surface area (Å²) in [4.78, 5) is 0. The Bertz CT molecular complexity index is 791. The van der Waals surface area contributed by atoms with Crippen LogP contribution in [0.15, 0.2) is 12.2 Å². The van der Waals surface area contributed by atoms with Crippen molar-refractivity contribution in [2.75, 3.05) is 0 Å². The SMILES string of the molecule is C[C@@H](C/C=C/C(C)(C)O)[C@H]1CC[C@@]2(C)[C@@H]3CC[C@H]4C(C)(C)[C@@H](O)CC[C@@]45C[C@@]35CC[C@]12C. The second-order valence-electron chi connectivity index (χ2n) is 14.8. The summed E-state index contributed by atoms with van der Waals surface area (Å²) in [5, 5.41) is 20.9. The van der Waals surface area contributed by atoms with Crippen LogP contribution in [0.5, 0.6) is 0 Å². The zero-order chi connectivity index (χ0) is 23.4. The third-order valence-corrected chi connectivity index (χ3v) is 12.9. The van der Waals surface area contributed by atoms with Gasteiger partial charge in [0.25, 0.3) is 0 Å². The molecule has 0 aliphatic heterocycles. The van der Waals surface area contributed by atoms with Crippen molar-refractivity contribution in [1.82, 2.24) is 0 Å². The fourth-order valence-electron chi connectivity index (χ4n) is 11.0. The van der Waals surface area contributed by atoms with Gasteiger partial charge in [0.05, 0.1) is 11.7 Å². The first kappa shape index (κ1) is 23.4. The maximum absolute atomic E-state index is 10.8. The summed E-state index contributed by atoms with van der Waals surface area (Å²) in [6.45, 7) is 16.3. The number of rotatable bonds is 4. The van der Waals surface area contributed by atoms with Crippen LogP contribution in [0.3, 0.4) is 0 Å². The van der Waals surface area contributed by atoms with Crippen LogP contribution in [-0.4, -0.2) is 21.9 Å². The van der Waals surface area contributed by atoms with Gasteiger partial charge < -0.3 is 10.2 Å². The van der Waals surface area contributed by atoms with Crippen molar-refractivity contribution in [1.29, 1.82) is 0 Å². The van der Waals surface area contributed by atoms with E-state index in [-0.39, 0.29) is 11.5 Å². The van der Waals surface area contributed by atoms with E-state index >= 15 is 0 Å². The molecule has 5 rings (SSSR count). The van der Waals surface area contributed by atoms with E-state index in [0.29, 0.717) is 27.6 Å². The van der Waals surface area contributed by atoms with Crippen molar-refractivity contribution in [3.63, 3.8) is 0 Å². The highest BCUT2D eigenvalue weighted by molar-refractivity contribution is 5.30. The summed E-state index contributed by atoms with van der Waals surface area (Å²) in [7, 11) is 0. The van der Waals surface area contributed by atoms with Gasteiger partial charge in [-0.15, -0.1) is 0 Å². The van der Waals surface area contributed by atoms with E-state index in [1.165, 1.54) is 51.4 Å². The molecular weight excluding hydrogens is 392 g/mol. The van der Waals surface area contributed by atoms with E-state index in [0.717, 1.165) is 30.6 Å². The summed E-state index contributed by atoms with van der Waals surface area (Å²) >= 11 is 0. The molecule has 0 saturated heterocycles. The van der Waals surface area contributed by atoms with Gasteiger partial charge in [-0.1, -0.05) is 46.8 Å². The molecule has 2 N–H and O–H groups in total. The van der Waals surface area contributed by atoms with Gasteiger partial charge in [-0.05, 0) is 129 Å². The molecule has 0 amide bonds. The van der Waals surface area contributed by atoms with Crippen molar-refractivity contribution in [3.05, 3.63) is 12.2 Å². The Labute approximate surface area is 197 Å². The molecule has 5 saturated carbocycles. The summed E-state index contributed by atoms with van der Waals surface area (Å²) in [6.07, 6.45) is 17.4. The van der Waals surface area contributed by atoms with Crippen LogP contribution in [0, 0.1) is 50.7 Å². The first-order valence-electron chi connectivity index (χ1n) is 13.8. The van der Waals surface area contributed by atoms with E-state index in [9.17, 15) is 10.2 Å². The molecule has 0 aromatic rings. The topological polar surface area (TPSA) is 40.5 Å². The zero-order valence-corrected chi connectivity index (χ0v) is 22.0. The number of aliphatic hydroxyl groups excluding tert-OH is 1. The molecule has 5 aliphatic carbocycles. The Morgan fingerprint density at radius 2 is 1.53 bits per heavy atom. The highest BCUT2D eigenvalue weighted by Gasteiger charge is 2.82. The quantitative estimate of drug-likeness (QED) is 0.454. The molecule has 0 bridgehead atoms. The van der Waals surface area contributed by atoms with E-state index in [1.807, 2.05) is 19.9 Å². The fraction of sp³-hybridized carbons (Fsp3) is 0.933. The lowest BCUT2D eigenvalue weighted by molar-refractivity contribution is -0.161. The summed E-state index contributed by atoms with van der Waals surface area (Å²) in [5.41, 5.74) is 1.44. The lowest BCUT2D eigenvalue weighted by Crippen LogP contribution is -2.57. The number of hydrogen-bond acceptors (Lipinski definition) is 2. The predicted molar refractivity (Wildman–Crippen MR) is 132 cm³/mol. The van der Waals surface area contributed by atoms with Gasteiger partial charge in [0.1, 0.15) is 0 Å². The second-order valence-corrected chi connectivity index (χ2v) is 14.8. The van der Waals surface area contributed by atoms with Crippen LogP contribution in [0.1, 0.15) is 113 Å². The first-order valence-corrected chi connectivity index (χ1v) is 13.8. The number of allylic oxidation sites excluding steroid dienone is 1. The van der Waals surface area contributed by atoms with Crippen molar-refractivity contribution < 1.29 is 10.2 Å². The van der Waals surface area contributed by atoms with Gasteiger partial charge in [0.2, 0.25) is 0 Å². The van der Waals surface area contributed by atoms with E-state index < -0.39 is 5.60 Å². The van der Waals surface area contributed by atoms with Crippen LogP contribution in [-0.2, 0) is 0 Å². The van der Waals surface area contributed by atoms with Crippen LogP contribution >= 0.6 is 0 Å². The minimum atomic E-state index is -0.703. The average Bonchev–Trinajstić information content (AvgIpc) is 3.27. The van der Waals surface area contributed by atoms with Gasteiger partial charge in [-0.2, -0.15) is 0 Å². The molecule has 0 radical (unpaired) electrons. The number of fused-ring (bicyclic) bond motifs is 2. The Morgan fingerprint density at radius 1 is 0.875 bits per heavy atom. The normalized spacial score (nSPS) is 52.7. The van der Waals surface area contributed by atoms with E-state index in [4.69, 9.17) is 0 Å². The number of aliphatic hydroxyl groups is 2. The molecule has 32 heavy (non-hydrogen) atoms. The third-order valence-electron chi connectivity index (χ3n) is 12.9. The molecule has 0 heterocycles. The maximum atomic E-state index is 10.8. The van der Waals surface area contributed by atoms with Gasteiger partial charge >= 0.3 is 0 Å². The van der Waals surface area contributed by atoms with Crippen molar-refractivity contribution in [2.45, 2.75) is 124 Å². The van der Waals surface area contributed by atoms with Gasteiger partial charge in [0.15, 0.2) is 0 Å². The van der Waals surface area contributed by atoms with Crippen molar-refractivity contribution in [2.24, 2.45) is 50.7 Å². The monoisotopic (exact) mass is 442 g/mol. The Morgan fingerprint density at radius 3 is 2.22 bits per heavy atom. The molecule has 5 fully saturated rings. The molecule has 2 heteroatoms. The lowest BCUT2D eigenvalue weighted by Gasteiger charge is -2.63. The van der Waals surface area contributed by atoms with Crippen LogP contribution < -0.4 is 0 Å². The Balaban J connectivity index is 1.40. The fourth-order valence-corrected chi connectivity index (χ4v) is 11.0. The standard InChI is InChI=1S/C30H50O2/c1-20(9-8-14-25(2,3)32)21-12-15-28(7)23-11-10-22-26(4,5)24(31)13-16-29(22)19-30(23,29)18-17-27(21,28)6/h8,14,20-24,31-32H,9-13,15-19H2,1-7H3/b14-8+/t20-,21+,22-,23-,24-,27+,28-,29+,30-/m0/s1. The predicted octanol–water partition coefficient (Wildman–Crippen LogP) is 7.14. The van der Waals surface area contributed by atoms with Gasteiger partial charge in [-0.3, -0.25) is 0 Å². The third kappa shape index (κ3) is 2.84. The molecule has 5 aliphatic rings. The summed E-state index contributed by atoms with van der Waals surface area (Å²) in [5.74, 6) is 3.10. The Kier molecular flexibility index (Phi) is 5.02. The molecule has 2 spiro atoms. The van der Waals surface area contributed by atoms with Crippen molar-refractivity contribution >= 4 is 0 Å². The summed E-state index contributed by atoms with van der Waals surface area (Å²) < 4.78 is 0. The largest absolute Gasteiger partial charge is 0.393 e. The molecule has 0 unspecified atom stereocenters. The minimum Gasteiger partial charge on any atom is -0.393 e. The zero-order valence-electron chi connectivity index (χ0n) is 22.0. The highest BCUT2D eigenvalue weighted by atomic mass is 16.3. The second kappa shape index (κ2) is 6.87. The van der Waals surface area contributed by atoms with Crippen LogP contribution in [0.2, 0.25) is 0 Å². The molecule has 0 aromatic carbocycles. The lowest BCUT2D eigenvalue weighted by atomic mass is 9.42. The molecule has 2 nitrogen and oxygen atoms in total. The average molecular weight is 443 g/mol. The van der Waals surface area contributed by atoms with Crippen LogP contribution in [0.4, 0.5) is 0 Å². The van der Waals surface area contributed by atoms with Gasteiger partial charge in [-0.25, -0.2) is 0 Å². The van der Waals surface area contributed by atoms with Gasteiger partial charge in [0, 0.05) is 0 Å². The van der Waals surface area contributed by atoms with Crippen LogP contribution in [0.25, 0.3) is 0 Å². The smallest absolute Gasteiger partial charge is 0.0771 e. The molecular formula is C30H50O2. The molecule has 182 valence electrons. The molecule has 0 aromatic heterocycles. The van der Waals surface area contributed by atoms with E-state index in [1.54, 1.807) is 0 Å². The maximum Gasteiger partial charge on any atom is 0.0771 e. The minimum absolute atomic E-state index is 0.0912.